The van der Waals surface area contributed by atoms with E-state index in [2.05, 4.69) is 34.3 Å². The van der Waals surface area contributed by atoms with Crippen molar-refractivity contribution in [2.75, 3.05) is 31.1 Å². The molecule has 3 nitrogen and oxygen atoms in total. The monoisotopic (exact) mass is 213 g/mol. The minimum Gasteiger partial charge on any atom is -0.354 e. The second kappa shape index (κ2) is 5.17. The molecule has 78 valence electrons. The highest BCUT2D eigenvalue weighted by molar-refractivity contribution is 5.85. The number of piperazine rings is 1. The predicted molar refractivity (Wildman–Crippen MR) is 61.3 cm³/mol. The number of nitrogens with zero attached hydrogens (tertiary/aromatic N) is 2. The third-order valence-electron chi connectivity index (χ3n) is 2.34. The fraction of sp³-hybridized carbons (Fsp3) is 0.500. The number of aryl methyl sites for hydroxylation is 1. The molecule has 1 fully saturated rings. The lowest BCUT2D eigenvalue weighted by atomic mass is 10.3. The van der Waals surface area contributed by atoms with E-state index >= 15 is 0 Å². The van der Waals surface area contributed by atoms with Crippen molar-refractivity contribution in [3.05, 3.63) is 23.9 Å². The van der Waals surface area contributed by atoms with Crippen molar-refractivity contribution in [2.24, 2.45) is 0 Å². The number of nitrogens with one attached hydrogen (secondary N) is 1. The van der Waals surface area contributed by atoms with Gasteiger partial charge in [-0.1, -0.05) is 6.07 Å². The molecule has 0 radical (unpaired) electrons. The van der Waals surface area contributed by atoms with Crippen molar-refractivity contribution in [2.45, 2.75) is 6.92 Å². The Hall–Kier alpha value is -0.800. The molecule has 1 aliphatic rings. The number of halogens is 1. The highest BCUT2D eigenvalue weighted by Gasteiger charge is 2.10. The number of hydrogen-bond donors (Lipinski definition) is 1. The summed E-state index contributed by atoms with van der Waals surface area (Å²) < 4.78 is 0. The van der Waals surface area contributed by atoms with Gasteiger partial charge in [0.1, 0.15) is 5.82 Å². The van der Waals surface area contributed by atoms with Crippen LogP contribution in [0.1, 0.15) is 5.56 Å². The quantitative estimate of drug-likeness (QED) is 0.761. The van der Waals surface area contributed by atoms with Gasteiger partial charge in [0, 0.05) is 32.4 Å². The lowest BCUT2D eigenvalue weighted by Crippen LogP contribution is -2.43. The lowest BCUT2D eigenvalue weighted by molar-refractivity contribution is 0.585. The molecular formula is C10H16ClN3. The molecule has 1 N–H and O–H groups in total. The van der Waals surface area contributed by atoms with E-state index in [9.17, 15) is 0 Å². The Morgan fingerprint density at radius 2 is 2.00 bits per heavy atom. The Morgan fingerprint density at radius 3 is 2.57 bits per heavy atom. The van der Waals surface area contributed by atoms with Gasteiger partial charge in [-0.15, -0.1) is 12.4 Å². The standard InChI is InChI=1S/C10H15N3.ClH/c1-9-2-3-10(12-8-9)13-6-4-11-5-7-13;/h2-3,8,11H,4-7H2,1H3;1H. The van der Waals surface area contributed by atoms with Crippen LogP contribution in [0.4, 0.5) is 5.82 Å². The normalized spacial score (nSPS) is 16.2. The maximum Gasteiger partial charge on any atom is 0.128 e. The Labute approximate surface area is 90.9 Å². The minimum absolute atomic E-state index is 0. The van der Waals surface area contributed by atoms with E-state index in [1.165, 1.54) is 5.56 Å². The molecule has 0 spiro atoms. The van der Waals surface area contributed by atoms with Crippen LogP contribution in [0.25, 0.3) is 0 Å². The summed E-state index contributed by atoms with van der Waals surface area (Å²) in [6, 6.07) is 4.21. The highest BCUT2D eigenvalue weighted by atomic mass is 35.5. The van der Waals surface area contributed by atoms with E-state index in [1.54, 1.807) is 0 Å². The Kier molecular flexibility index (Phi) is 4.17. The first-order valence-corrected chi connectivity index (χ1v) is 4.74. The maximum absolute atomic E-state index is 4.40. The van der Waals surface area contributed by atoms with Crippen LogP contribution in [0.3, 0.4) is 0 Å². The third kappa shape index (κ3) is 2.59. The minimum atomic E-state index is 0. The summed E-state index contributed by atoms with van der Waals surface area (Å²) in [7, 11) is 0. The maximum atomic E-state index is 4.40. The van der Waals surface area contributed by atoms with E-state index in [4.69, 9.17) is 0 Å². The average Bonchev–Trinajstić information content (AvgIpc) is 2.20. The summed E-state index contributed by atoms with van der Waals surface area (Å²) in [5.74, 6) is 1.10. The average molecular weight is 214 g/mol. The van der Waals surface area contributed by atoms with Crippen LogP contribution in [0.15, 0.2) is 18.3 Å². The van der Waals surface area contributed by atoms with E-state index in [0.29, 0.717) is 0 Å². The first-order chi connectivity index (χ1) is 6.36. The molecule has 0 aliphatic carbocycles. The van der Waals surface area contributed by atoms with Crippen LogP contribution in [0.5, 0.6) is 0 Å². The summed E-state index contributed by atoms with van der Waals surface area (Å²) in [6.07, 6.45) is 1.93. The number of rotatable bonds is 1. The van der Waals surface area contributed by atoms with Crippen molar-refractivity contribution in [1.82, 2.24) is 10.3 Å². The van der Waals surface area contributed by atoms with E-state index < -0.39 is 0 Å². The third-order valence-corrected chi connectivity index (χ3v) is 2.34. The SMILES string of the molecule is Cc1ccc(N2CCNCC2)nc1.Cl. The van der Waals surface area contributed by atoms with Crippen LogP contribution in [0.2, 0.25) is 0 Å². The van der Waals surface area contributed by atoms with Crippen molar-refractivity contribution in [3.8, 4) is 0 Å². The molecule has 0 bridgehead atoms. The van der Waals surface area contributed by atoms with Crippen LogP contribution >= 0.6 is 12.4 Å². The molecule has 0 atom stereocenters. The van der Waals surface area contributed by atoms with Gasteiger partial charge in [-0.3, -0.25) is 0 Å². The second-order valence-corrected chi connectivity index (χ2v) is 3.43. The summed E-state index contributed by atoms with van der Waals surface area (Å²) >= 11 is 0. The molecule has 0 unspecified atom stereocenters. The van der Waals surface area contributed by atoms with E-state index in [-0.39, 0.29) is 12.4 Å². The zero-order valence-corrected chi connectivity index (χ0v) is 9.18. The second-order valence-electron chi connectivity index (χ2n) is 3.43. The van der Waals surface area contributed by atoms with Gasteiger partial charge in [0.2, 0.25) is 0 Å². The zero-order chi connectivity index (χ0) is 9.10. The number of aromatic nitrogens is 1. The van der Waals surface area contributed by atoms with Crippen molar-refractivity contribution in [1.29, 1.82) is 0 Å². The molecule has 1 aromatic rings. The topological polar surface area (TPSA) is 28.2 Å². The van der Waals surface area contributed by atoms with Gasteiger partial charge in [-0.2, -0.15) is 0 Å². The molecule has 2 rings (SSSR count). The van der Waals surface area contributed by atoms with Gasteiger partial charge in [0.05, 0.1) is 0 Å². The molecule has 2 heterocycles. The molecule has 1 aromatic heterocycles. The van der Waals surface area contributed by atoms with Gasteiger partial charge in [0.15, 0.2) is 0 Å². The van der Waals surface area contributed by atoms with Gasteiger partial charge >= 0.3 is 0 Å². The molecule has 0 amide bonds. The molecule has 1 saturated heterocycles. The molecule has 1 aliphatic heterocycles. The van der Waals surface area contributed by atoms with Crippen LogP contribution in [-0.2, 0) is 0 Å². The number of anilines is 1. The Balaban J connectivity index is 0.000000980. The van der Waals surface area contributed by atoms with E-state index in [0.717, 1.165) is 32.0 Å². The lowest BCUT2D eigenvalue weighted by Gasteiger charge is -2.28. The fourth-order valence-electron chi connectivity index (χ4n) is 1.54. The van der Waals surface area contributed by atoms with Crippen molar-refractivity contribution in [3.63, 3.8) is 0 Å². The van der Waals surface area contributed by atoms with Gasteiger partial charge in [0.25, 0.3) is 0 Å². The predicted octanol–water partition coefficient (Wildman–Crippen LogP) is 1.22. The van der Waals surface area contributed by atoms with Crippen LogP contribution in [-0.4, -0.2) is 31.2 Å². The zero-order valence-electron chi connectivity index (χ0n) is 8.36. The summed E-state index contributed by atoms with van der Waals surface area (Å²) in [4.78, 5) is 6.72. The molecular weight excluding hydrogens is 198 g/mol. The smallest absolute Gasteiger partial charge is 0.128 e. The fourth-order valence-corrected chi connectivity index (χ4v) is 1.54. The number of pyridine rings is 1. The largest absolute Gasteiger partial charge is 0.354 e. The van der Waals surface area contributed by atoms with E-state index in [1.807, 2.05) is 6.20 Å². The summed E-state index contributed by atoms with van der Waals surface area (Å²) in [5, 5.41) is 3.33. The highest BCUT2D eigenvalue weighted by Crippen LogP contribution is 2.10. The summed E-state index contributed by atoms with van der Waals surface area (Å²) in [5.41, 5.74) is 1.22. The first-order valence-electron chi connectivity index (χ1n) is 4.74. The molecule has 0 aromatic carbocycles. The van der Waals surface area contributed by atoms with Crippen LogP contribution in [0, 0.1) is 6.92 Å². The van der Waals surface area contributed by atoms with Crippen molar-refractivity contribution >= 4 is 18.2 Å². The Morgan fingerprint density at radius 1 is 1.29 bits per heavy atom. The molecule has 0 saturated carbocycles. The van der Waals surface area contributed by atoms with Gasteiger partial charge in [-0.05, 0) is 18.6 Å². The van der Waals surface area contributed by atoms with Crippen molar-refractivity contribution < 1.29 is 0 Å². The number of hydrogen-bond acceptors (Lipinski definition) is 3. The van der Waals surface area contributed by atoms with Crippen LogP contribution < -0.4 is 10.2 Å². The molecule has 4 heteroatoms. The molecule has 14 heavy (non-hydrogen) atoms. The Bertz CT molecular complexity index is 267. The van der Waals surface area contributed by atoms with Gasteiger partial charge < -0.3 is 10.2 Å². The first kappa shape index (κ1) is 11.3. The summed E-state index contributed by atoms with van der Waals surface area (Å²) in [6.45, 7) is 6.33. The van der Waals surface area contributed by atoms with Gasteiger partial charge in [-0.25, -0.2) is 4.98 Å².